The number of halogens is 4. The van der Waals surface area contributed by atoms with Crippen molar-refractivity contribution in [3.05, 3.63) is 88.0 Å². The lowest BCUT2D eigenvalue weighted by Gasteiger charge is -2.17. The van der Waals surface area contributed by atoms with Gasteiger partial charge in [-0.15, -0.1) is 5.10 Å². The van der Waals surface area contributed by atoms with Crippen LogP contribution in [0.25, 0.3) is 16.9 Å². The molecule has 1 fully saturated rings. The van der Waals surface area contributed by atoms with Gasteiger partial charge in [0, 0.05) is 29.9 Å². The van der Waals surface area contributed by atoms with Crippen LogP contribution in [-0.4, -0.2) is 48.8 Å². The van der Waals surface area contributed by atoms with Gasteiger partial charge in [0.25, 0.3) is 11.5 Å². The molecule has 1 saturated heterocycles. The number of aromatic nitrogens is 6. The topological polar surface area (TPSA) is 120 Å². The van der Waals surface area contributed by atoms with Crippen LogP contribution >= 0.6 is 0 Å². The second-order valence-electron chi connectivity index (χ2n) is 9.01. The highest BCUT2D eigenvalue weighted by Gasteiger charge is 2.35. The first-order valence-corrected chi connectivity index (χ1v) is 12.0. The van der Waals surface area contributed by atoms with Gasteiger partial charge in [-0.2, -0.15) is 23.0 Å². The van der Waals surface area contributed by atoms with Crippen LogP contribution in [0, 0.1) is 5.82 Å². The quantitative estimate of drug-likeness (QED) is 0.360. The van der Waals surface area contributed by atoms with Crippen molar-refractivity contribution in [3.63, 3.8) is 0 Å². The molecule has 1 aliphatic heterocycles. The van der Waals surface area contributed by atoms with Gasteiger partial charge in [-0.25, -0.2) is 9.07 Å². The van der Waals surface area contributed by atoms with Crippen LogP contribution in [0.15, 0.2) is 59.8 Å². The fourth-order valence-electron chi connectivity index (χ4n) is 4.42. The lowest BCUT2D eigenvalue weighted by atomic mass is 10.0. The number of benzene rings is 1. The molecule has 1 aliphatic rings. The van der Waals surface area contributed by atoms with E-state index in [-0.39, 0.29) is 23.0 Å². The standard InChI is InChI=1S/C25H22F4N8O2/c1-14(18-3-2-4-19(23(18)26)25(27,28)29)33-24(39)20-5-6-22(38)37(34-20)17-9-15(10-31-12-17)21-13-32-35-36(21)16-7-8-30-11-16/h2-6,9-10,12-14,16,30H,7-8,11H2,1H3,(H,33,39)/t14-,16-/m1/s1. The Morgan fingerprint density at radius 2 is 2.00 bits per heavy atom. The molecule has 5 rings (SSSR count). The van der Waals surface area contributed by atoms with Crippen LogP contribution in [0.3, 0.4) is 0 Å². The molecule has 4 heterocycles. The number of pyridine rings is 1. The van der Waals surface area contributed by atoms with Gasteiger partial charge in [-0.3, -0.25) is 14.6 Å². The molecule has 14 heteroatoms. The van der Waals surface area contributed by atoms with Gasteiger partial charge in [0.15, 0.2) is 0 Å². The summed E-state index contributed by atoms with van der Waals surface area (Å²) in [5, 5.41) is 18.0. The molecule has 2 N–H and O–H groups in total. The van der Waals surface area contributed by atoms with Crippen LogP contribution in [-0.2, 0) is 6.18 Å². The Bertz CT molecular complexity index is 1580. The molecular formula is C25H22F4N8O2. The zero-order valence-corrected chi connectivity index (χ0v) is 20.5. The summed E-state index contributed by atoms with van der Waals surface area (Å²) in [7, 11) is 0. The largest absolute Gasteiger partial charge is 0.419 e. The Hall–Kier alpha value is -4.46. The maximum absolute atomic E-state index is 14.5. The molecule has 39 heavy (non-hydrogen) atoms. The average molecular weight is 542 g/mol. The molecular weight excluding hydrogens is 520 g/mol. The van der Waals surface area contributed by atoms with Crippen LogP contribution in [0.5, 0.6) is 0 Å². The summed E-state index contributed by atoms with van der Waals surface area (Å²) in [6, 6.07) is 5.79. The van der Waals surface area contributed by atoms with E-state index in [1.165, 1.54) is 19.2 Å². The van der Waals surface area contributed by atoms with Gasteiger partial charge >= 0.3 is 6.18 Å². The molecule has 2 atom stereocenters. The highest BCUT2D eigenvalue weighted by atomic mass is 19.4. The number of amides is 1. The third kappa shape index (κ3) is 5.27. The number of alkyl halides is 3. The van der Waals surface area contributed by atoms with E-state index in [1.54, 1.807) is 23.1 Å². The van der Waals surface area contributed by atoms with Gasteiger partial charge in [0.05, 0.1) is 41.4 Å². The Kier molecular flexibility index (Phi) is 6.95. The van der Waals surface area contributed by atoms with Crippen LogP contribution in [0.4, 0.5) is 17.6 Å². The molecule has 0 unspecified atom stereocenters. The van der Waals surface area contributed by atoms with Crippen molar-refractivity contribution in [1.29, 1.82) is 0 Å². The van der Waals surface area contributed by atoms with E-state index in [4.69, 9.17) is 0 Å². The SMILES string of the molecule is C[C@@H](NC(=O)c1ccc(=O)n(-c2cncc(-c3cnnn3[C@@H]3CCNC3)c2)n1)c1cccc(C(F)(F)F)c1F. The first-order chi connectivity index (χ1) is 18.6. The third-order valence-electron chi connectivity index (χ3n) is 6.40. The second kappa shape index (κ2) is 10.4. The molecule has 202 valence electrons. The fourth-order valence-corrected chi connectivity index (χ4v) is 4.42. The monoisotopic (exact) mass is 542 g/mol. The smallest absolute Gasteiger partial charge is 0.344 e. The van der Waals surface area contributed by atoms with Crippen molar-refractivity contribution in [2.45, 2.75) is 31.6 Å². The Balaban J connectivity index is 1.41. The number of hydrogen-bond acceptors (Lipinski definition) is 7. The van der Waals surface area contributed by atoms with Crippen molar-refractivity contribution in [2.75, 3.05) is 13.1 Å². The molecule has 3 aromatic heterocycles. The molecule has 0 spiro atoms. The minimum absolute atomic E-state index is 0.114. The summed E-state index contributed by atoms with van der Waals surface area (Å²) in [6.45, 7) is 2.94. The van der Waals surface area contributed by atoms with Gasteiger partial charge < -0.3 is 10.6 Å². The van der Waals surface area contributed by atoms with E-state index in [0.717, 1.165) is 42.4 Å². The zero-order valence-electron chi connectivity index (χ0n) is 20.5. The van der Waals surface area contributed by atoms with Crippen molar-refractivity contribution in [2.24, 2.45) is 0 Å². The molecule has 0 aliphatic carbocycles. The Morgan fingerprint density at radius 3 is 2.74 bits per heavy atom. The number of rotatable bonds is 6. The molecule has 1 aromatic carbocycles. The van der Waals surface area contributed by atoms with E-state index in [2.05, 4.69) is 31.0 Å². The van der Waals surface area contributed by atoms with Gasteiger partial charge in [0.1, 0.15) is 11.5 Å². The van der Waals surface area contributed by atoms with Crippen molar-refractivity contribution < 1.29 is 22.4 Å². The molecule has 1 amide bonds. The van der Waals surface area contributed by atoms with Crippen molar-refractivity contribution in [3.8, 4) is 16.9 Å². The summed E-state index contributed by atoms with van der Waals surface area (Å²) in [5.74, 6) is -2.28. The third-order valence-corrected chi connectivity index (χ3v) is 6.40. The normalized spacial score (nSPS) is 16.3. The first-order valence-electron chi connectivity index (χ1n) is 12.0. The number of nitrogens with zero attached hydrogens (tertiary/aromatic N) is 6. The maximum atomic E-state index is 14.5. The van der Waals surface area contributed by atoms with E-state index < -0.39 is 35.1 Å². The average Bonchev–Trinajstić information content (AvgIpc) is 3.60. The minimum atomic E-state index is -4.88. The Labute approximate surface area is 218 Å². The van der Waals surface area contributed by atoms with E-state index >= 15 is 0 Å². The highest BCUT2D eigenvalue weighted by molar-refractivity contribution is 5.92. The number of carbonyl (C=O) groups excluding carboxylic acids is 1. The number of hydrogen-bond donors (Lipinski definition) is 2. The summed E-state index contributed by atoms with van der Waals surface area (Å²) in [5.41, 5.74) is -0.941. The van der Waals surface area contributed by atoms with Crippen LogP contribution in [0.2, 0.25) is 0 Å². The predicted molar refractivity (Wildman–Crippen MR) is 130 cm³/mol. The molecule has 0 radical (unpaired) electrons. The summed E-state index contributed by atoms with van der Waals surface area (Å²) in [6.07, 6.45) is 0.572. The fraction of sp³-hybridized carbons (Fsp3) is 0.280. The molecule has 4 aromatic rings. The van der Waals surface area contributed by atoms with E-state index in [0.29, 0.717) is 17.3 Å². The number of nitrogens with one attached hydrogen (secondary N) is 2. The summed E-state index contributed by atoms with van der Waals surface area (Å²) >= 11 is 0. The lowest BCUT2D eigenvalue weighted by molar-refractivity contribution is -0.140. The van der Waals surface area contributed by atoms with Gasteiger partial charge in [0.2, 0.25) is 0 Å². The van der Waals surface area contributed by atoms with Gasteiger partial charge in [-0.1, -0.05) is 17.3 Å². The van der Waals surface area contributed by atoms with Crippen LogP contribution < -0.4 is 16.2 Å². The summed E-state index contributed by atoms with van der Waals surface area (Å²) < 4.78 is 56.6. The zero-order chi connectivity index (χ0) is 27.7. The van der Waals surface area contributed by atoms with Crippen LogP contribution in [0.1, 0.15) is 47.0 Å². The number of carbonyl (C=O) groups is 1. The predicted octanol–water partition coefficient (Wildman–Crippen LogP) is 3.07. The van der Waals surface area contributed by atoms with E-state index in [9.17, 15) is 27.2 Å². The molecule has 0 bridgehead atoms. The minimum Gasteiger partial charge on any atom is -0.344 e. The van der Waals surface area contributed by atoms with Crippen molar-refractivity contribution in [1.82, 2.24) is 40.4 Å². The lowest BCUT2D eigenvalue weighted by Crippen LogP contribution is -2.31. The van der Waals surface area contributed by atoms with Crippen molar-refractivity contribution >= 4 is 5.91 Å². The van der Waals surface area contributed by atoms with E-state index in [1.807, 2.05) is 0 Å². The highest BCUT2D eigenvalue weighted by Crippen LogP contribution is 2.34. The maximum Gasteiger partial charge on any atom is 0.419 e. The molecule has 10 nitrogen and oxygen atoms in total. The molecule has 0 saturated carbocycles. The second-order valence-corrected chi connectivity index (χ2v) is 9.01. The first kappa shape index (κ1) is 26.2. The van der Waals surface area contributed by atoms with Gasteiger partial charge in [-0.05, 0) is 38.1 Å². The Morgan fingerprint density at radius 1 is 1.18 bits per heavy atom. The summed E-state index contributed by atoms with van der Waals surface area (Å²) in [4.78, 5) is 29.7.